The predicted octanol–water partition coefficient (Wildman–Crippen LogP) is 2.99. The summed E-state index contributed by atoms with van der Waals surface area (Å²) in [6, 6.07) is 0. The van der Waals surface area contributed by atoms with E-state index in [0.29, 0.717) is 5.41 Å². The second kappa shape index (κ2) is 7.76. The molecule has 1 aliphatic heterocycles. The summed E-state index contributed by atoms with van der Waals surface area (Å²) in [6.45, 7) is 8.70. The molecule has 2 nitrogen and oxygen atoms in total. The molecule has 1 heterocycles. The summed E-state index contributed by atoms with van der Waals surface area (Å²) in [7, 11) is 0. The van der Waals surface area contributed by atoms with E-state index in [1.54, 1.807) is 0 Å². The van der Waals surface area contributed by atoms with Crippen molar-refractivity contribution in [1.29, 1.82) is 0 Å². The number of rotatable bonds is 6. The quantitative estimate of drug-likeness (QED) is 0.747. The minimum atomic E-state index is 0.593. The average molecular weight is 270 g/mol. The van der Waals surface area contributed by atoms with E-state index < -0.39 is 0 Å². The van der Waals surface area contributed by atoms with Crippen LogP contribution in [0.1, 0.15) is 45.4 Å². The molecule has 0 aromatic heterocycles. The standard InChI is InChI=1S/C15H30N2S/c1-2-8-16-13-15(6-4-3-5-7-15)14-17-9-11-18-12-10-17/h16H,2-14H2,1H3. The highest BCUT2D eigenvalue weighted by atomic mass is 32.2. The molecule has 0 aromatic carbocycles. The zero-order chi connectivity index (χ0) is 12.7. The van der Waals surface area contributed by atoms with Crippen molar-refractivity contribution in [2.24, 2.45) is 5.41 Å². The van der Waals surface area contributed by atoms with E-state index in [-0.39, 0.29) is 0 Å². The van der Waals surface area contributed by atoms with Gasteiger partial charge in [-0.05, 0) is 31.2 Å². The van der Waals surface area contributed by atoms with E-state index in [9.17, 15) is 0 Å². The first-order chi connectivity index (χ1) is 8.85. The molecule has 0 radical (unpaired) electrons. The van der Waals surface area contributed by atoms with Crippen LogP contribution in [0.5, 0.6) is 0 Å². The van der Waals surface area contributed by atoms with Gasteiger partial charge in [0.2, 0.25) is 0 Å². The molecular formula is C15H30N2S. The van der Waals surface area contributed by atoms with Crippen molar-refractivity contribution in [2.45, 2.75) is 45.4 Å². The molecule has 106 valence electrons. The molecule has 2 aliphatic rings. The normalized spacial score (nSPS) is 25.2. The fraction of sp³-hybridized carbons (Fsp3) is 1.00. The first kappa shape index (κ1) is 14.7. The van der Waals surface area contributed by atoms with Crippen molar-refractivity contribution >= 4 is 11.8 Å². The van der Waals surface area contributed by atoms with E-state index in [1.165, 1.54) is 82.8 Å². The highest BCUT2D eigenvalue weighted by Crippen LogP contribution is 2.37. The van der Waals surface area contributed by atoms with Crippen molar-refractivity contribution in [3.05, 3.63) is 0 Å². The van der Waals surface area contributed by atoms with Crippen LogP contribution < -0.4 is 5.32 Å². The lowest BCUT2D eigenvalue weighted by molar-refractivity contribution is 0.108. The summed E-state index contributed by atoms with van der Waals surface area (Å²) in [5.74, 6) is 2.69. The predicted molar refractivity (Wildman–Crippen MR) is 82.4 cm³/mol. The van der Waals surface area contributed by atoms with Crippen LogP contribution in [0, 0.1) is 5.41 Å². The number of hydrogen-bond donors (Lipinski definition) is 1. The summed E-state index contributed by atoms with van der Waals surface area (Å²) in [5.41, 5.74) is 0.593. The summed E-state index contributed by atoms with van der Waals surface area (Å²) in [6.07, 6.45) is 8.54. The second-order valence-corrected chi connectivity index (χ2v) is 7.35. The maximum Gasteiger partial charge on any atom is 0.00729 e. The van der Waals surface area contributed by atoms with E-state index in [2.05, 4.69) is 28.9 Å². The molecule has 1 aliphatic carbocycles. The fourth-order valence-corrected chi connectivity index (χ4v) is 4.44. The Hall–Kier alpha value is 0.270. The molecule has 18 heavy (non-hydrogen) atoms. The van der Waals surface area contributed by atoms with Crippen LogP contribution in [-0.2, 0) is 0 Å². The van der Waals surface area contributed by atoms with Crippen molar-refractivity contribution in [3.8, 4) is 0 Å². The van der Waals surface area contributed by atoms with Crippen LogP contribution in [-0.4, -0.2) is 49.1 Å². The Morgan fingerprint density at radius 2 is 1.83 bits per heavy atom. The molecule has 0 unspecified atom stereocenters. The van der Waals surface area contributed by atoms with Crippen molar-refractivity contribution in [3.63, 3.8) is 0 Å². The SMILES string of the molecule is CCCNCC1(CN2CCSCC2)CCCCC1. The van der Waals surface area contributed by atoms with E-state index in [0.717, 1.165) is 0 Å². The minimum Gasteiger partial charge on any atom is -0.316 e. The van der Waals surface area contributed by atoms with Gasteiger partial charge in [0.15, 0.2) is 0 Å². The van der Waals surface area contributed by atoms with Gasteiger partial charge in [0.25, 0.3) is 0 Å². The first-order valence-corrected chi connectivity index (χ1v) is 9.01. The molecule has 0 bridgehead atoms. The molecule has 2 rings (SSSR count). The smallest absolute Gasteiger partial charge is 0.00729 e. The van der Waals surface area contributed by atoms with Crippen molar-refractivity contribution < 1.29 is 0 Å². The highest BCUT2D eigenvalue weighted by molar-refractivity contribution is 7.99. The lowest BCUT2D eigenvalue weighted by Gasteiger charge is -2.42. The maximum absolute atomic E-state index is 3.70. The molecule has 1 saturated heterocycles. The highest BCUT2D eigenvalue weighted by Gasteiger charge is 2.33. The van der Waals surface area contributed by atoms with E-state index in [1.807, 2.05) is 0 Å². The van der Waals surface area contributed by atoms with Gasteiger partial charge in [-0.3, -0.25) is 0 Å². The third-order valence-corrected chi connectivity index (χ3v) is 5.45. The Bertz CT molecular complexity index is 221. The molecule has 0 aromatic rings. The number of nitrogens with one attached hydrogen (secondary N) is 1. The summed E-state index contributed by atoms with van der Waals surface area (Å²) < 4.78 is 0. The van der Waals surface area contributed by atoms with Crippen LogP contribution in [0.4, 0.5) is 0 Å². The molecule has 2 fully saturated rings. The Balaban J connectivity index is 1.85. The van der Waals surface area contributed by atoms with Gasteiger partial charge in [-0.25, -0.2) is 0 Å². The first-order valence-electron chi connectivity index (χ1n) is 7.85. The number of hydrogen-bond acceptors (Lipinski definition) is 3. The van der Waals surface area contributed by atoms with Gasteiger partial charge in [-0.15, -0.1) is 0 Å². The fourth-order valence-electron chi connectivity index (χ4n) is 3.46. The lowest BCUT2D eigenvalue weighted by Crippen LogP contribution is -2.47. The molecule has 1 N–H and O–H groups in total. The van der Waals surface area contributed by atoms with Gasteiger partial charge >= 0.3 is 0 Å². The van der Waals surface area contributed by atoms with Gasteiger partial charge in [-0.1, -0.05) is 26.2 Å². The minimum absolute atomic E-state index is 0.593. The van der Waals surface area contributed by atoms with E-state index >= 15 is 0 Å². The monoisotopic (exact) mass is 270 g/mol. The van der Waals surface area contributed by atoms with Crippen LogP contribution in [0.2, 0.25) is 0 Å². The molecule has 3 heteroatoms. The van der Waals surface area contributed by atoms with Gasteiger partial charge in [0.05, 0.1) is 0 Å². The summed E-state index contributed by atoms with van der Waals surface area (Å²) >= 11 is 2.12. The Morgan fingerprint density at radius 1 is 1.11 bits per heavy atom. The molecule has 0 atom stereocenters. The van der Waals surface area contributed by atoms with Crippen LogP contribution in [0.3, 0.4) is 0 Å². The summed E-state index contributed by atoms with van der Waals surface area (Å²) in [5, 5.41) is 3.70. The van der Waals surface area contributed by atoms with Crippen LogP contribution >= 0.6 is 11.8 Å². The summed E-state index contributed by atoms with van der Waals surface area (Å²) in [4.78, 5) is 2.73. The van der Waals surface area contributed by atoms with Crippen LogP contribution in [0.15, 0.2) is 0 Å². The Kier molecular flexibility index (Phi) is 6.33. The molecule has 1 saturated carbocycles. The van der Waals surface area contributed by atoms with Gasteiger partial charge < -0.3 is 10.2 Å². The Labute approximate surface area is 117 Å². The second-order valence-electron chi connectivity index (χ2n) is 6.13. The number of nitrogens with zero attached hydrogens (tertiary/aromatic N) is 1. The third-order valence-electron chi connectivity index (χ3n) is 4.50. The zero-order valence-corrected chi connectivity index (χ0v) is 12.9. The maximum atomic E-state index is 3.70. The van der Waals surface area contributed by atoms with E-state index in [4.69, 9.17) is 0 Å². The molecular weight excluding hydrogens is 240 g/mol. The van der Waals surface area contributed by atoms with Gasteiger partial charge in [0, 0.05) is 37.7 Å². The lowest BCUT2D eigenvalue weighted by atomic mass is 9.73. The van der Waals surface area contributed by atoms with Crippen molar-refractivity contribution in [1.82, 2.24) is 10.2 Å². The average Bonchev–Trinajstić information content (AvgIpc) is 2.41. The number of thioether (sulfide) groups is 1. The topological polar surface area (TPSA) is 15.3 Å². The molecule has 0 spiro atoms. The van der Waals surface area contributed by atoms with Crippen molar-refractivity contribution in [2.75, 3.05) is 44.2 Å². The van der Waals surface area contributed by atoms with Gasteiger partial charge in [-0.2, -0.15) is 11.8 Å². The zero-order valence-electron chi connectivity index (χ0n) is 12.0. The molecule has 0 amide bonds. The third kappa shape index (κ3) is 4.43. The van der Waals surface area contributed by atoms with Crippen LogP contribution in [0.25, 0.3) is 0 Å². The van der Waals surface area contributed by atoms with Gasteiger partial charge in [0.1, 0.15) is 0 Å². The largest absolute Gasteiger partial charge is 0.316 e. The Morgan fingerprint density at radius 3 is 2.50 bits per heavy atom.